The first-order chi connectivity index (χ1) is 9.24. The van der Waals surface area contributed by atoms with E-state index in [1.54, 1.807) is 12.1 Å². The number of hydrogen-bond acceptors (Lipinski definition) is 3. The summed E-state index contributed by atoms with van der Waals surface area (Å²) in [7, 11) is 1.54. The molecule has 1 aromatic rings. The second-order valence-electron chi connectivity index (χ2n) is 5.09. The molecule has 0 spiro atoms. The number of hydrogen-bond donors (Lipinski definition) is 1. The molecule has 1 heterocycles. The number of halogens is 1. The fraction of sp³-hybridized carbons (Fsp3) is 0.600. The third-order valence-electron chi connectivity index (χ3n) is 3.85. The Bertz CT molecular complexity index is 409. The van der Waals surface area contributed by atoms with Gasteiger partial charge in [-0.3, -0.25) is 4.90 Å². The van der Waals surface area contributed by atoms with E-state index in [0.29, 0.717) is 23.9 Å². The molecule has 106 valence electrons. The predicted molar refractivity (Wildman–Crippen MR) is 72.7 cm³/mol. The van der Waals surface area contributed by atoms with Gasteiger partial charge in [-0.1, -0.05) is 12.5 Å². The van der Waals surface area contributed by atoms with E-state index in [0.717, 1.165) is 25.8 Å². The Morgan fingerprint density at radius 2 is 2.26 bits per heavy atom. The maximum Gasteiger partial charge on any atom is 0.131 e. The van der Waals surface area contributed by atoms with Crippen molar-refractivity contribution in [3.8, 4) is 5.75 Å². The first kappa shape index (κ1) is 14.3. The van der Waals surface area contributed by atoms with Crippen molar-refractivity contribution in [2.45, 2.75) is 38.3 Å². The van der Waals surface area contributed by atoms with Gasteiger partial charge in [0.1, 0.15) is 11.6 Å². The van der Waals surface area contributed by atoms with Crippen molar-refractivity contribution in [2.24, 2.45) is 0 Å². The maximum atomic E-state index is 13.9. The monoisotopic (exact) mass is 267 g/mol. The van der Waals surface area contributed by atoms with Gasteiger partial charge in [0.05, 0.1) is 7.11 Å². The number of likely N-dealkylation sites (tertiary alicyclic amines) is 1. The lowest BCUT2D eigenvalue weighted by Crippen LogP contribution is -2.39. The van der Waals surface area contributed by atoms with Crippen LogP contribution in [0.2, 0.25) is 0 Å². The van der Waals surface area contributed by atoms with Crippen molar-refractivity contribution in [3.05, 3.63) is 29.6 Å². The number of methoxy groups -OCH3 is 1. The number of piperidine rings is 1. The summed E-state index contributed by atoms with van der Waals surface area (Å²) < 4.78 is 19.0. The SMILES string of the molecule is COc1ccc(CN2CCCCC2CCO)c(F)c1. The minimum Gasteiger partial charge on any atom is -0.497 e. The van der Waals surface area contributed by atoms with Gasteiger partial charge in [-0.2, -0.15) is 0 Å². The molecule has 0 aliphatic carbocycles. The molecule has 19 heavy (non-hydrogen) atoms. The van der Waals surface area contributed by atoms with Gasteiger partial charge < -0.3 is 9.84 Å². The predicted octanol–water partition coefficient (Wildman–Crippen LogP) is 2.57. The summed E-state index contributed by atoms with van der Waals surface area (Å²) in [5, 5.41) is 9.11. The van der Waals surface area contributed by atoms with E-state index >= 15 is 0 Å². The maximum absolute atomic E-state index is 13.9. The van der Waals surface area contributed by atoms with E-state index in [2.05, 4.69) is 4.90 Å². The molecule has 1 fully saturated rings. The van der Waals surface area contributed by atoms with Crippen LogP contribution in [-0.4, -0.2) is 36.3 Å². The summed E-state index contributed by atoms with van der Waals surface area (Å²) in [5.74, 6) is 0.333. The molecule has 0 saturated carbocycles. The van der Waals surface area contributed by atoms with Crippen LogP contribution in [0.4, 0.5) is 4.39 Å². The average Bonchev–Trinajstić information content (AvgIpc) is 2.43. The van der Waals surface area contributed by atoms with Crippen LogP contribution in [0.5, 0.6) is 5.75 Å². The number of aliphatic hydroxyl groups excluding tert-OH is 1. The number of nitrogens with zero attached hydrogens (tertiary/aromatic N) is 1. The Morgan fingerprint density at radius 3 is 2.95 bits per heavy atom. The van der Waals surface area contributed by atoms with Crippen LogP contribution < -0.4 is 4.74 Å². The summed E-state index contributed by atoms with van der Waals surface area (Å²) in [4.78, 5) is 2.28. The van der Waals surface area contributed by atoms with Gasteiger partial charge in [0, 0.05) is 30.8 Å². The standard InChI is InChI=1S/C15H22FNO2/c1-19-14-6-5-12(15(16)10-14)11-17-8-3-2-4-13(17)7-9-18/h5-6,10,13,18H,2-4,7-9,11H2,1H3. The molecule has 1 N–H and O–H groups in total. The second-order valence-corrected chi connectivity index (χ2v) is 5.09. The molecule has 1 saturated heterocycles. The molecule has 0 aromatic heterocycles. The fourth-order valence-electron chi connectivity index (χ4n) is 2.75. The Balaban J connectivity index is 2.06. The Morgan fingerprint density at radius 1 is 1.42 bits per heavy atom. The Hall–Kier alpha value is -1.13. The number of aliphatic hydroxyl groups is 1. The molecule has 1 aliphatic rings. The van der Waals surface area contributed by atoms with Crippen LogP contribution in [-0.2, 0) is 6.54 Å². The summed E-state index contributed by atoms with van der Waals surface area (Å²) in [6.45, 7) is 1.79. The van der Waals surface area contributed by atoms with Crippen molar-refractivity contribution >= 4 is 0 Å². The zero-order valence-corrected chi connectivity index (χ0v) is 11.4. The van der Waals surface area contributed by atoms with E-state index in [1.807, 2.05) is 0 Å². The molecule has 1 unspecified atom stereocenters. The zero-order valence-electron chi connectivity index (χ0n) is 11.4. The van der Waals surface area contributed by atoms with Gasteiger partial charge in [0.15, 0.2) is 0 Å². The highest BCUT2D eigenvalue weighted by atomic mass is 19.1. The van der Waals surface area contributed by atoms with E-state index in [9.17, 15) is 4.39 Å². The lowest BCUT2D eigenvalue weighted by atomic mass is 9.98. The Labute approximate surface area is 114 Å². The molecule has 1 atom stereocenters. The van der Waals surface area contributed by atoms with Gasteiger partial charge in [0.25, 0.3) is 0 Å². The summed E-state index contributed by atoms with van der Waals surface area (Å²) in [6, 6.07) is 5.39. The lowest BCUT2D eigenvalue weighted by Gasteiger charge is -2.35. The number of ether oxygens (including phenoxy) is 1. The highest BCUT2D eigenvalue weighted by Crippen LogP contribution is 2.24. The van der Waals surface area contributed by atoms with Crippen LogP contribution in [0.15, 0.2) is 18.2 Å². The molecule has 3 nitrogen and oxygen atoms in total. The fourth-order valence-corrected chi connectivity index (χ4v) is 2.75. The van der Waals surface area contributed by atoms with Gasteiger partial charge in [0.2, 0.25) is 0 Å². The molecule has 0 radical (unpaired) electrons. The first-order valence-corrected chi connectivity index (χ1v) is 6.92. The minimum absolute atomic E-state index is 0.201. The first-order valence-electron chi connectivity index (χ1n) is 6.92. The van der Waals surface area contributed by atoms with Gasteiger partial charge in [-0.05, 0) is 31.9 Å². The Kier molecular flexibility index (Phi) is 5.16. The molecule has 0 amide bonds. The molecule has 2 rings (SSSR count). The average molecular weight is 267 g/mol. The highest BCUT2D eigenvalue weighted by Gasteiger charge is 2.22. The van der Waals surface area contributed by atoms with Gasteiger partial charge >= 0.3 is 0 Å². The van der Waals surface area contributed by atoms with E-state index < -0.39 is 0 Å². The normalized spacial score (nSPS) is 20.5. The summed E-state index contributed by atoms with van der Waals surface area (Å²) in [5.41, 5.74) is 0.700. The van der Waals surface area contributed by atoms with Crippen LogP contribution in [0.1, 0.15) is 31.2 Å². The van der Waals surface area contributed by atoms with Gasteiger partial charge in [-0.15, -0.1) is 0 Å². The van der Waals surface area contributed by atoms with Crippen LogP contribution >= 0.6 is 0 Å². The highest BCUT2D eigenvalue weighted by molar-refractivity contribution is 5.28. The molecular formula is C15H22FNO2. The topological polar surface area (TPSA) is 32.7 Å². The quantitative estimate of drug-likeness (QED) is 0.890. The van der Waals surface area contributed by atoms with Crippen LogP contribution in [0.25, 0.3) is 0 Å². The molecule has 1 aromatic carbocycles. The summed E-state index contributed by atoms with van der Waals surface area (Å²) in [6.07, 6.45) is 4.22. The smallest absolute Gasteiger partial charge is 0.131 e. The van der Waals surface area contributed by atoms with Gasteiger partial charge in [-0.25, -0.2) is 4.39 Å². The van der Waals surface area contributed by atoms with Crippen molar-refractivity contribution in [1.29, 1.82) is 0 Å². The van der Waals surface area contributed by atoms with Crippen molar-refractivity contribution in [2.75, 3.05) is 20.3 Å². The largest absolute Gasteiger partial charge is 0.497 e. The van der Waals surface area contributed by atoms with Crippen molar-refractivity contribution < 1.29 is 14.2 Å². The molecule has 4 heteroatoms. The number of benzene rings is 1. The van der Waals surface area contributed by atoms with E-state index in [-0.39, 0.29) is 12.4 Å². The third-order valence-corrected chi connectivity index (χ3v) is 3.85. The van der Waals surface area contributed by atoms with Crippen molar-refractivity contribution in [3.63, 3.8) is 0 Å². The van der Waals surface area contributed by atoms with Crippen LogP contribution in [0, 0.1) is 5.82 Å². The van der Waals surface area contributed by atoms with E-state index in [4.69, 9.17) is 9.84 Å². The molecule has 0 bridgehead atoms. The molecule has 1 aliphatic heterocycles. The number of rotatable bonds is 5. The van der Waals surface area contributed by atoms with Crippen LogP contribution in [0.3, 0.4) is 0 Å². The van der Waals surface area contributed by atoms with Crippen molar-refractivity contribution in [1.82, 2.24) is 4.90 Å². The zero-order chi connectivity index (χ0) is 13.7. The third kappa shape index (κ3) is 3.67. The molecular weight excluding hydrogens is 245 g/mol. The minimum atomic E-state index is -0.215. The second kappa shape index (κ2) is 6.87. The lowest BCUT2D eigenvalue weighted by molar-refractivity contribution is 0.111. The summed E-state index contributed by atoms with van der Waals surface area (Å²) >= 11 is 0. The van der Waals surface area contributed by atoms with E-state index in [1.165, 1.54) is 19.6 Å².